The highest BCUT2D eigenvalue weighted by Crippen LogP contribution is 2.24. The number of aryl methyl sites for hydroxylation is 1. The summed E-state index contributed by atoms with van der Waals surface area (Å²) in [6.07, 6.45) is 0. The molecule has 7 heteroatoms. The largest absolute Gasteiger partial charge is 0.497 e. The molecule has 2 rings (SSSR count). The summed E-state index contributed by atoms with van der Waals surface area (Å²) in [5.41, 5.74) is 6.90. The summed E-state index contributed by atoms with van der Waals surface area (Å²) in [7, 11) is 3.17. The van der Waals surface area contributed by atoms with Gasteiger partial charge < -0.3 is 10.5 Å². The van der Waals surface area contributed by atoms with E-state index in [9.17, 15) is 4.79 Å². The van der Waals surface area contributed by atoms with Gasteiger partial charge in [-0.1, -0.05) is 5.21 Å². The number of nitrogens with zero attached hydrogens (tertiary/aromatic N) is 3. The van der Waals surface area contributed by atoms with E-state index in [-0.39, 0.29) is 5.78 Å². The standard InChI is InChI=1S/C11H11BrN4O2/c1-16-9(11(12)14-15-16)10(17)7-5-6(18-2)3-4-8(7)13/h3-5H,13H2,1-2H3. The van der Waals surface area contributed by atoms with E-state index in [0.29, 0.717) is 27.3 Å². The Labute approximate surface area is 112 Å². The van der Waals surface area contributed by atoms with E-state index in [4.69, 9.17) is 10.5 Å². The van der Waals surface area contributed by atoms with Crippen LogP contribution in [0.3, 0.4) is 0 Å². The number of halogens is 1. The van der Waals surface area contributed by atoms with Crippen LogP contribution < -0.4 is 10.5 Å². The predicted molar refractivity (Wildman–Crippen MR) is 69.5 cm³/mol. The first kappa shape index (κ1) is 12.6. The highest BCUT2D eigenvalue weighted by atomic mass is 79.9. The molecule has 0 saturated heterocycles. The van der Waals surface area contributed by atoms with Crippen molar-refractivity contribution in [3.63, 3.8) is 0 Å². The average molecular weight is 311 g/mol. The summed E-state index contributed by atoms with van der Waals surface area (Å²) in [6, 6.07) is 4.92. The number of aromatic nitrogens is 3. The third-order valence-electron chi connectivity index (χ3n) is 2.51. The van der Waals surface area contributed by atoms with Crippen molar-refractivity contribution in [2.45, 2.75) is 0 Å². The second-order valence-electron chi connectivity index (χ2n) is 3.63. The summed E-state index contributed by atoms with van der Waals surface area (Å²) in [6.45, 7) is 0. The van der Waals surface area contributed by atoms with E-state index in [1.807, 2.05) is 0 Å². The van der Waals surface area contributed by atoms with Crippen molar-refractivity contribution in [2.75, 3.05) is 12.8 Å². The number of methoxy groups -OCH3 is 1. The molecule has 0 unspecified atom stereocenters. The van der Waals surface area contributed by atoms with E-state index < -0.39 is 0 Å². The molecule has 2 aromatic rings. The van der Waals surface area contributed by atoms with Crippen molar-refractivity contribution in [1.29, 1.82) is 0 Å². The van der Waals surface area contributed by atoms with Gasteiger partial charge in [0, 0.05) is 12.7 Å². The van der Waals surface area contributed by atoms with Crippen LogP contribution in [0.5, 0.6) is 5.75 Å². The molecular weight excluding hydrogens is 300 g/mol. The van der Waals surface area contributed by atoms with Crippen molar-refractivity contribution in [3.05, 3.63) is 34.1 Å². The van der Waals surface area contributed by atoms with Crippen molar-refractivity contribution in [2.24, 2.45) is 7.05 Å². The number of carbonyl (C=O) groups is 1. The Morgan fingerprint density at radius 1 is 1.50 bits per heavy atom. The quantitative estimate of drug-likeness (QED) is 0.684. The Morgan fingerprint density at radius 2 is 2.22 bits per heavy atom. The van der Waals surface area contributed by atoms with Gasteiger partial charge in [-0.05, 0) is 34.1 Å². The average Bonchev–Trinajstić information content (AvgIpc) is 2.69. The van der Waals surface area contributed by atoms with Gasteiger partial charge in [-0.3, -0.25) is 4.79 Å². The lowest BCUT2D eigenvalue weighted by Crippen LogP contribution is -2.11. The maximum absolute atomic E-state index is 12.4. The molecule has 1 aromatic heterocycles. The number of rotatable bonds is 3. The molecule has 2 N–H and O–H groups in total. The number of hydrogen-bond acceptors (Lipinski definition) is 5. The number of nitrogen functional groups attached to an aromatic ring is 1. The van der Waals surface area contributed by atoms with Crippen molar-refractivity contribution in [1.82, 2.24) is 15.0 Å². The second-order valence-corrected chi connectivity index (χ2v) is 4.39. The van der Waals surface area contributed by atoms with E-state index in [2.05, 4.69) is 26.2 Å². The first-order valence-electron chi connectivity index (χ1n) is 5.08. The van der Waals surface area contributed by atoms with Crippen LogP contribution in [0.1, 0.15) is 16.1 Å². The molecule has 18 heavy (non-hydrogen) atoms. The van der Waals surface area contributed by atoms with E-state index in [0.717, 1.165) is 0 Å². The van der Waals surface area contributed by atoms with Crippen molar-refractivity contribution in [3.8, 4) is 5.75 Å². The van der Waals surface area contributed by atoms with Gasteiger partial charge >= 0.3 is 0 Å². The van der Waals surface area contributed by atoms with Gasteiger partial charge in [-0.15, -0.1) is 5.10 Å². The van der Waals surface area contributed by atoms with Gasteiger partial charge in [0.1, 0.15) is 11.4 Å². The monoisotopic (exact) mass is 310 g/mol. The molecule has 0 atom stereocenters. The Balaban J connectivity index is 2.52. The molecule has 0 saturated carbocycles. The van der Waals surface area contributed by atoms with Crippen LogP contribution in [0.15, 0.2) is 22.8 Å². The van der Waals surface area contributed by atoms with Gasteiger partial charge in [0.25, 0.3) is 0 Å². The summed E-state index contributed by atoms with van der Waals surface area (Å²) >= 11 is 3.19. The molecule has 0 fully saturated rings. The molecule has 6 nitrogen and oxygen atoms in total. The fraction of sp³-hybridized carbons (Fsp3) is 0.182. The smallest absolute Gasteiger partial charge is 0.216 e. The lowest BCUT2D eigenvalue weighted by atomic mass is 10.1. The number of hydrogen-bond donors (Lipinski definition) is 1. The SMILES string of the molecule is COc1ccc(N)c(C(=O)c2c(Br)nnn2C)c1. The highest BCUT2D eigenvalue weighted by Gasteiger charge is 2.21. The Kier molecular flexibility index (Phi) is 3.33. The third-order valence-corrected chi connectivity index (χ3v) is 3.04. The molecule has 0 aliphatic carbocycles. The van der Waals surface area contributed by atoms with Crippen LogP contribution >= 0.6 is 15.9 Å². The van der Waals surface area contributed by atoms with Crippen molar-refractivity contribution >= 4 is 27.4 Å². The van der Waals surface area contributed by atoms with Gasteiger partial charge in [0.05, 0.1) is 12.7 Å². The lowest BCUT2D eigenvalue weighted by molar-refractivity contribution is 0.103. The number of benzene rings is 1. The molecule has 94 valence electrons. The Bertz CT molecular complexity index is 590. The van der Waals surface area contributed by atoms with Crippen molar-refractivity contribution < 1.29 is 9.53 Å². The summed E-state index contributed by atoms with van der Waals surface area (Å²) in [5.74, 6) is 0.310. The first-order chi connectivity index (χ1) is 8.54. The fourth-order valence-electron chi connectivity index (χ4n) is 1.56. The van der Waals surface area contributed by atoms with Crippen LogP contribution in [-0.4, -0.2) is 27.9 Å². The van der Waals surface area contributed by atoms with Crippen LogP contribution in [-0.2, 0) is 7.05 Å². The zero-order valence-electron chi connectivity index (χ0n) is 9.85. The molecular formula is C11H11BrN4O2. The number of nitrogens with two attached hydrogens (primary N) is 1. The van der Waals surface area contributed by atoms with Crippen LogP contribution in [0, 0.1) is 0 Å². The molecule has 1 aromatic carbocycles. The van der Waals surface area contributed by atoms with Gasteiger partial charge in [0.15, 0.2) is 4.60 Å². The molecule has 1 heterocycles. The van der Waals surface area contributed by atoms with Gasteiger partial charge in [-0.2, -0.15) is 0 Å². The highest BCUT2D eigenvalue weighted by molar-refractivity contribution is 9.10. The molecule has 0 aliphatic heterocycles. The van der Waals surface area contributed by atoms with Crippen LogP contribution in [0.2, 0.25) is 0 Å². The maximum Gasteiger partial charge on any atom is 0.216 e. The zero-order chi connectivity index (χ0) is 13.3. The zero-order valence-corrected chi connectivity index (χ0v) is 11.4. The van der Waals surface area contributed by atoms with E-state index in [1.54, 1.807) is 25.2 Å². The van der Waals surface area contributed by atoms with Gasteiger partial charge in [-0.25, -0.2) is 4.68 Å². The molecule has 0 bridgehead atoms. The summed E-state index contributed by atoms with van der Waals surface area (Å²) in [4.78, 5) is 12.4. The minimum Gasteiger partial charge on any atom is -0.497 e. The topological polar surface area (TPSA) is 83.0 Å². The summed E-state index contributed by atoms with van der Waals surface area (Å²) < 4.78 is 6.86. The van der Waals surface area contributed by atoms with E-state index in [1.165, 1.54) is 11.8 Å². The number of ketones is 1. The number of anilines is 1. The fourth-order valence-corrected chi connectivity index (χ4v) is 2.07. The maximum atomic E-state index is 12.4. The Hall–Kier alpha value is -1.89. The van der Waals surface area contributed by atoms with Crippen LogP contribution in [0.4, 0.5) is 5.69 Å². The van der Waals surface area contributed by atoms with E-state index >= 15 is 0 Å². The normalized spacial score (nSPS) is 10.4. The minimum atomic E-state index is -0.259. The Morgan fingerprint density at radius 3 is 2.78 bits per heavy atom. The molecule has 0 spiro atoms. The minimum absolute atomic E-state index is 0.259. The predicted octanol–water partition coefficient (Wildman–Crippen LogP) is 1.40. The molecule has 0 radical (unpaired) electrons. The molecule has 0 aliphatic rings. The van der Waals surface area contributed by atoms with Gasteiger partial charge in [0.2, 0.25) is 5.78 Å². The number of ether oxygens (including phenoxy) is 1. The van der Waals surface area contributed by atoms with Crippen LogP contribution in [0.25, 0.3) is 0 Å². The molecule has 0 amide bonds. The lowest BCUT2D eigenvalue weighted by Gasteiger charge is -2.07. The third kappa shape index (κ3) is 2.08. The number of carbonyl (C=O) groups excluding carboxylic acids is 1. The first-order valence-corrected chi connectivity index (χ1v) is 5.87. The summed E-state index contributed by atoms with van der Waals surface area (Å²) in [5, 5.41) is 7.53. The second kappa shape index (κ2) is 4.77.